The molecule has 0 amide bonds. The molecule has 2 heteroatoms. The van der Waals surface area contributed by atoms with E-state index in [9.17, 15) is 5.11 Å². The number of phenols is 1. The zero-order valence-corrected chi connectivity index (χ0v) is 13.7. The van der Waals surface area contributed by atoms with Crippen LogP contribution in [0.5, 0.6) is 11.5 Å². The standard InChI is InChI=1S/C20H26O2/c1-3-20-9-7-16-14-5-4-12-10-17(21)18(22-20)11-15(12)13(14)6-8-19(16,20)2/h10-11,13-14,16,21H,3-9H2,1-2H3/t13?,14?,16?,19-,20+/m0/s1. The van der Waals surface area contributed by atoms with Gasteiger partial charge < -0.3 is 9.84 Å². The molecule has 6 rings (SSSR count). The summed E-state index contributed by atoms with van der Waals surface area (Å²) in [6.45, 7) is 4.77. The second-order valence-corrected chi connectivity index (χ2v) is 8.38. The van der Waals surface area contributed by atoms with Gasteiger partial charge in [-0.25, -0.2) is 0 Å². The van der Waals surface area contributed by atoms with Crippen molar-refractivity contribution in [2.24, 2.45) is 17.3 Å². The first-order valence-corrected chi connectivity index (χ1v) is 9.13. The summed E-state index contributed by atoms with van der Waals surface area (Å²) in [6, 6.07) is 4.20. The molecule has 1 aromatic rings. The number of hydrogen-bond acceptors (Lipinski definition) is 2. The first-order valence-electron chi connectivity index (χ1n) is 9.13. The number of phenolic OH excluding ortho intramolecular Hbond substituents is 1. The first-order chi connectivity index (χ1) is 10.6. The SMILES string of the molecule is CC[C@@]12CCC3C4CCc5cc(O)c(cc5C4CC[C@@]31C)O2. The lowest BCUT2D eigenvalue weighted by Gasteiger charge is -2.53. The molecule has 0 spiro atoms. The van der Waals surface area contributed by atoms with Gasteiger partial charge in [0.05, 0.1) is 0 Å². The van der Waals surface area contributed by atoms with E-state index in [1.807, 2.05) is 6.07 Å². The number of fused-ring (bicyclic) bond motifs is 1. The number of aryl methyl sites for hydroxylation is 1. The van der Waals surface area contributed by atoms with Crippen molar-refractivity contribution >= 4 is 0 Å². The van der Waals surface area contributed by atoms with Crippen molar-refractivity contribution in [3.05, 3.63) is 23.3 Å². The van der Waals surface area contributed by atoms with E-state index in [1.54, 1.807) is 0 Å². The monoisotopic (exact) mass is 298 g/mol. The third kappa shape index (κ3) is 1.34. The van der Waals surface area contributed by atoms with E-state index in [2.05, 4.69) is 19.9 Å². The number of rotatable bonds is 1. The molecule has 5 aliphatic rings. The summed E-state index contributed by atoms with van der Waals surface area (Å²) in [6.07, 6.45) is 8.54. The Morgan fingerprint density at radius 1 is 1.23 bits per heavy atom. The second-order valence-electron chi connectivity index (χ2n) is 8.38. The summed E-state index contributed by atoms with van der Waals surface area (Å²) < 4.78 is 6.65. The number of benzene rings is 1. The van der Waals surface area contributed by atoms with Gasteiger partial charge in [-0.05, 0) is 86.0 Å². The molecule has 22 heavy (non-hydrogen) atoms. The molecule has 7 bridgehead atoms. The summed E-state index contributed by atoms with van der Waals surface area (Å²) in [5.74, 6) is 3.45. The van der Waals surface area contributed by atoms with Crippen molar-refractivity contribution in [2.45, 2.75) is 70.3 Å². The highest BCUT2D eigenvalue weighted by atomic mass is 16.5. The maximum atomic E-state index is 10.5. The van der Waals surface area contributed by atoms with Crippen molar-refractivity contribution in [3.8, 4) is 11.5 Å². The van der Waals surface area contributed by atoms with Crippen LogP contribution < -0.4 is 4.74 Å². The van der Waals surface area contributed by atoms with Gasteiger partial charge in [-0.1, -0.05) is 13.8 Å². The Morgan fingerprint density at radius 2 is 2.09 bits per heavy atom. The maximum absolute atomic E-state index is 10.5. The Balaban J connectivity index is 1.81. The van der Waals surface area contributed by atoms with Gasteiger partial charge in [0.1, 0.15) is 5.60 Å². The molecule has 3 unspecified atom stereocenters. The number of aromatic hydroxyl groups is 1. The molecular weight excluding hydrogens is 272 g/mol. The molecule has 2 heterocycles. The highest BCUT2D eigenvalue weighted by Gasteiger charge is 2.63. The Labute approximate surface area is 132 Å². The van der Waals surface area contributed by atoms with Crippen molar-refractivity contribution < 1.29 is 9.84 Å². The molecule has 5 atom stereocenters. The number of hydrogen-bond donors (Lipinski definition) is 1. The van der Waals surface area contributed by atoms with E-state index in [4.69, 9.17) is 4.74 Å². The van der Waals surface area contributed by atoms with Gasteiger partial charge in [-0.15, -0.1) is 0 Å². The first kappa shape index (κ1) is 13.3. The fourth-order valence-electron chi connectivity index (χ4n) is 6.79. The molecular formula is C20H26O2. The van der Waals surface area contributed by atoms with Crippen LogP contribution in [-0.4, -0.2) is 10.7 Å². The van der Waals surface area contributed by atoms with Gasteiger partial charge in [-0.2, -0.15) is 0 Å². The Morgan fingerprint density at radius 3 is 2.91 bits per heavy atom. The van der Waals surface area contributed by atoms with Crippen molar-refractivity contribution in [2.75, 3.05) is 0 Å². The van der Waals surface area contributed by atoms with Gasteiger partial charge in [-0.3, -0.25) is 0 Å². The average Bonchev–Trinajstić information content (AvgIpc) is 2.82. The van der Waals surface area contributed by atoms with E-state index in [-0.39, 0.29) is 11.0 Å². The minimum Gasteiger partial charge on any atom is -0.504 e. The fourth-order valence-corrected chi connectivity index (χ4v) is 6.79. The van der Waals surface area contributed by atoms with Crippen LogP contribution in [0.4, 0.5) is 0 Å². The van der Waals surface area contributed by atoms with Crippen LogP contribution in [0, 0.1) is 17.3 Å². The van der Waals surface area contributed by atoms with Crippen molar-refractivity contribution in [1.82, 2.24) is 0 Å². The van der Waals surface area contributed by atoms with E-state index >= 15 is 0 Å². The molecule has 2 saturated carbocycles. The van der Waals surface area contributed by atoms with E-state index in [1.165, 1.54) is 36.8 Å². The Bertz CT molecular complexity index is 651. The molecule has 1 N–H and O–H groups in total. The van der Waals surface area contributed by atoms with Crippen LogP contribution in [-0.2, 0) is 6.42 Å². The van der Waals surface area contributed by atoms with Crippen LogP contribution in [0.15, 0.2) is 12.1 Å². The minimum absolute atomic E-state index is 0.0775. The average molecular weight is 298 g/mol. The fraction of sp³-hybridized carbons (Fsp3) is 0.700. The largest absolute Gasteiger partial charge is 0.504 e. The highest BCUT2D eigenvalue weighted by molar-refractivity contribution is 5.50. The quantitative estimate of drug-likeness (QED) is 0.807. The van der Waals surface area contributed by atoms with Crippen LogP contribution in [0.1, 0.15) is 69.4 Å². The third-order valence-electron chi connectivity index (χ3n) is 7.97. The van der Waals surface area contributed by atoms with Crippen LogP contribution in [0.3, 0.4) is 0 Å². The molecule has 0 aromatic heterocycles. The smallest absolute Gasteiger partial charge is 0.162 e. The molecule has 2 nitrogen and oxygen atoms in total. The van der Waals surface area contributed by atoms with Crippen LogP contribution in [0.25, 0.3) is 0 Å². The third-order valence-corrected chi connectivity index (χ3v) is 7.97. The molecule has 118 valence electrons. The summed E-state index contributed by atoms with van der Waals surface area (Å²) in [5, 5.41) is 10.5. The lowest BCUT2D eigenvalue weighted by atomic mass is 9.53. The minimum atomic E-state index is -0.0775. The van der Waals surface area contributed by atoms with Crippen molar-refractivity contribution in [1.29, 1.82) is 0 Å². The van der Waals surface area contributed by atoms with E-state index in [0.717, 1.165) is 36.8 Å². The van der Waals surface area contributed by atoms with Crippen molar-refractivity contribution in [3.63, 3.8) is 0 Å². The summed E-state index contributed by atoms with van der Waals surface area (Å²) in [4.78, 5) is 0. The predicted octanol–water partition coefficient (Wildman–Crippen LogP) is 4.79. The molecule has 3 aliphatic carbocycles. The molecule has 2 aliphatic heterocycles. The van der Waals surface area contributed by atoms with Gasteiger partial charge in [0, 0.05) is 5.41 Å². The van der Waals surface area contributed by atoms with Crippen LogP contribution in [0.2, 0.25) is 0 Å². The van der Waals surface area contributed by atoms with Gasteiger partial charge in [0.15, 0.2) is 11.5 Å². The molecule has 1 aromatic carbocycles. The second kappa shape index (κ2) is 4.01. The lowest BCUT2D eigenvalue weighted by molar-refractivity contribution is -0.0846. The maximum Gasteiger partial charge on any atom is 0.162 e. The Kier molecular flexibility index (Phi) is 2.42. The molecule has 2 fully saturated rings. The van der Waals surface area contributed by atoms with E-state index in [0.29, 0.717) is 11.7 Å². The zero-order valence-electron chi connectivity index (χ0n) is 13.7. The van der Waals surface area contributed by atoms with Crippen LogP contribution >= 0.6 is 0 Å². The van der Waals surface area contributed by atoms with Gasteiger partial charge in [0.2, 0.25) is 0 Å². The summed E-state index contributed by atoms with van der Waals surface area (Å²) in [5.41, 5.74) is 3.06. The zero-order chi connectivity index (χ0) is 15.1. The van der Waals surface area contributed by atoms with E-state index < -0.39 is 0 Å². The normalized spacial score (nSPS) is 44.4. The Hall–Kier alpha value is -1.18. The highest BCUT2D eigenvalue weighted by Crippen LogP contribution is 2.67. The topological polar surface area (TPSA) is 29.5 Å². The summed E-state index contributed by atoms with van der Waals surface area (Å²) in [7, 11) is 0. The summed E-state index contributed by atoms with van der Waals surface area (Å²) >= 11 is 0. The van der Waals surface area contributed by atoms with Gasteiger partial charge >= 0.3 is 0 Å². The lowest BCUT2D eigenvalue weighted by Crippen LogP contribution is -2.52. The number of ether oxygens (including phenoxy) is 1. The van der Waals surface area contributed by atoms with Gasteiger partial charge in [0.25, 0.3) is 0 Å². The molecule has 0 saturated heterocycles. The predicted molar refractivity (Wildman–Crippen MR) is 86.4 cm³/mol. The molecule has 0 radical (unpaired) electrons.